The predicted molar refractivity (Wildman–Crippen MR) is 105 cm³/mol. The fourth-order valence-corrected chi connectivity index (χ4v) is 3.99. The second kappa shape index (κ2) is 7.95. The van der Waals surface area contributed by atoms with Crippen molar-refractivity contribution in [2.24, 2.45) is 0 Å². The van der Waals surface area contributed by atoms with E-state index in [1.807, 2.05) is 60.7 Å². The molecular weight excluding hydrogens is 338 g/mol. The Bertz CT molecular complexity index is 786. The summed E-state index contributed by atoms with van der Waals surface area (Å²) in [5.41, 5.74) is 1.86. The molecule has 27 heavy (non-hydrogen) atoms. The molecule has 0 N–H and O–H groups in total. The summed E-state index contributed by atoms with van der Waals surface area (Å²) in [6, 6.07) is 19.4. The van der Waals surface area contributed by atoms with Gasteiger partial charge >= 0.3 is 5.97 Å². The van der Waals surface area contributed by atoms with Crippen LogP contribution in [0.1, 0.15) is 50.3 Å². The third-order valence-corrected chi connectivity index (χ3v) is 5.48. The maximum atomic E-state index is 13.4. The summed E-state index contributed by atoms with van der Waals surface area (Å²) in [6.07, 6.45) is 1.73. The number of carbonyl (C=O) groups excluding carboxylic acids is 2. The highest BCUT2D eigenvalue weighted by atomic mass is 16.5. The minimum Gasteiger partial charge on any atom is -0.467 e. The normalized spacial score (nSPS) is 19.7. The highest BCUT2D eigenvalue weighted by Crippen LogP contribution is 2.39. The van der Waals surface area contributed by atoms with Gasteiger partial charge in [-0.05, 0) is 29.4 Å². The fourth-order valence-electron chi connectivity index (χ4n) is 3.99. The largest absolute Gasteiger partial charge is 0.467 e. The van der Waals surface area contributed by atoms with E-state index >= 15 is 0 Å². The Labute approximate surface area is 161 Å². The number of amides is 1. The first kappa shape index (κ1) is 19.2. The van der Waals surface area contributed by atoms with Gasteiger partial charge in [0.2, 0.25) is 5.91 Å². The Kier molecular flexibility index (Phi) is 5.64. The van der Waals surface area contributed by atoms with Crippen LogP contribution >= 0.6 is 0 Å². The van der Waals surface area contributed by atoms with Crippen molar-refractivity contribution >= 4 is 11.9 Å². The van der Waals surface area contributed by atoms with Crippen LogP contribution in [-0.2, 0) is 19.7 Å². The first-order chi connectivity index (χ1) is 12.9. The standard InChI is InChI=1S/C23H27NO3/c1-23(2,18-12-8-5-9-13-18)16-21(25)24-19(17-10-6-4-7-11-17)14-15-20(24)22(26)27-3/h4-13,19-20H,14-16H2,1-3H3/t19-,20-/m0/s1. The van der Waals surface area contributed by atoms with Crippen molar-refractivity contribution in [2.45, 2.75) is 50.6 Å². The number of nitrogens with zero attached hydrogens (tertiary/aromatic N) is 1. The third-order valence-electron chi connectivity index (χ3n) is 5.48. The molecule has 2 atom stereocenters. The summed E-state index contributed by atoms with van der Waals surface area (Å²) in [4.78, 5) is 27.4. The maximum absolute atomic E-state index is 13.4. The molecule has 4 nitrogen and oxygen atoms in total. The summed E-state index contributed by atoms with van der Waals surface area (Å²) < 4.78 is 4.98. The van der Waals surface area contributed by atoms with Crippen LogP contribution in [0.15, 0.2) is 60.7 Å². The number of benzene rings is 2. The lowest BCUT2D eigenvalue weighted by molar-refractivity contribution is -0.152. The summed E-state index contributed by atoms with van der Waals surface area (Å²) >= 11 is 0. The molecule has 0 bridgehead atoms. The molecule has 142 valence electrons. The molecule has 2 aromatic carbocycles. The lowest BCUT2D eigenvalue weighted by Gasteiger charge is -2.33. The number of hydrogen-bond donors (Lipinski definition) is 0. The molecule has 0 unspecified atom stereocenters. The average molecular weight is 365 g/mol. The number of methoxy groups -OCH3 is 1. The zero-order chi connectivity index (χ0) is 19.4. The number of esters is 1. The average Bonchev–Trinajstić information content (AvgIpc) is 3.14. The summed E-state index contributed by atoms with van der Waals surface area (Å²) in [7, 11) is 1.38. The smallest absolute Gasteiger partial charge is 0.328 e. The van der Waals surface area contributed by atoms with Gasteiger partial charge in [-0.2, -0.15) is 0 Å². The quantitative estimate of drug-likeness (QED) is 0.744. The SMILES string of the molecule is COC(=O)[C@@H]1CC[C@@H](c2ccccc2)N1C(=O)CC(C)(C)c1ccccc1. The van der Waals surface area contributed by atoms with Crippen LogP contribution < -0.4 is 0 Å². The Balaban J connectivity index is 1.88. The van der Waals surface area contributed by atoms with Gasteiger partial charge in [0, 0.05) is 6.42 Å². The zero-order valence-corrected chi connectivity index (χ0v) is 16.2. The number of carbonyl (C=O) groups is 2. The van der Waals surface area contributed by atoms with Gasteiger partial charge in [-0.3, -0.25) is 4.79 Å². The van der Waals surface area contributed by atoms with Gasteiger partial charge < -0.3 is 9.64 Å². The molecule has 1 fully saturated rings. The molecule has 3 rings (SSSR count). The molecule has 0 spiro atoms. The number of ether oxygens (including phenoxy) is 1. The van der Waals surface area contributed by atoms with Gasteiger partial charge in [-0.15, -0.1) is 0 Å². The molecule has 1 aliphatic rings. The van der Waals surface area contributed by atoms with E-state index in [1.54, 1.807) is 4.90 Å². The fraction of sp³-hybridized carbons (Fsp3) is 0.391. The molecule has 0 aromatic heterocycles. The minimum atomic E-state index is -0.515. The van der Waals surface area contributed by atoms with Crippen molar-refractivity contribution in [3.8, 4) is 0 Å². The third kappa shape index (κ3) is 4.05. The van der Waals surface area contributed by atoms with E-state index < -0.39 is 6.04 Å². The van der Waals surface area contributed by atoms with E-state index in [4.69, 9.17) is 4.74 Å². The summed E-state index contributed by atoms with van der Waals surface area (Å²) in [6.45, 7) is 4.14. The van der Waals surface area contributed by atoms with Crippen molar-refractivity contribution in [1.82, 2.24) is 4.90 Å². The highest BCUT2D eigenvalue weighted by Gasteiger charge is 2.43. The zero-order valence-electron chi connectivity index (χ0n) is 16.2. The van der Waals surface area contributed by atoms with Crippen LogP contribution in [0, 0.1) is 0 Å². The van der Waals surface area contributed by atoms with Crippen molar-refractivity contribution in [3.05, 3.63) is 71.8 Å². The van der Waals surface area contributed by atoms with Gasteiger partial charge in [0.15, 0.2) is 0 Å². The highest BCUT2D eigenvalue weighted by molar-refractivity contribution is 5.86. The summed E-state index contributed by atoms with van der Waals surface area (Å²) in [5.74, 6) is -0.343. The molecule has 0 aliphatic carbocycles. The monoisotopic (exact) mass is 365 g/mol. The van der Waals surface area contributed by atoms with E-state index in [0.717, 1.165) is 17.5 Å². The van der Waals surface area contributed by atoms with E-state index in [1.165, 1.54) is 7.11 Å². The van der Waals surface area contributed by atoms with Crippen LogP contribution in [0.25, 0.3) is 0 Å². The summed E-state index contributed by atoms with van der Waals surface area (Å²) in [5, 5.41) is 0. The predicted octanol–water partition coefficient (Wildman–Crippen LogP) is 4.26. The van der Waals surface area contributed by atoms with Crippen LogP contribution in [-0.4, -0.2) is 29.9 Å². The Morgan fingerprint density at radius 3 is 2.19 bits per heavy atom. The molecule has 4 heteroatoms. The van der Waals surface area contributed by atoms with Crippen LogP contribution in [0.5, 0.6) is 0 Å². The van der Waals surface area contributed by atoms with Crippen molar-refractivity contribution in [2.75, 3.05) is 7.11 Å². The molecular formula is C23H27NO3. The Hall–Kier alpha value is -2.62. The van der Waals surface area contributed by atoms with Gasteiger partial charge in [-0.25, -0.2) is 4.79 Å². The van der Waals surface area contributed by atoms with Crippen LogP contribution in [0.4, 0.5) is 0 Å². The van der Waals surface area contributed by atoms with Gasteiger partial charge in [0.05, 0.1) is 13.2 Å². The maximum Gasteiger partial charge on any atom is 0.328 e. The Morgan fingerprint density at radius 2 is 1.59 bits per heavy atom. The number of hydrogen-bond acceptors (Lipinski definition) is 3. The van der Waals surface area contributed by atoms with E-state index in [0.29, 0.717) is 12.8 Å². The van der Waals surface area contributed by atoms with Crippen molar-refractivity contribution < 1.29 is 14.3 Å². The molecule has 1 aliphatic heterocycles. The molecule has 1 heterocycles. The van der Waals surface area contributed by atoms with E-state index in [9.17, 15) is 9.59 Å². The molecule has 0 saturated carbocycles. The van der Waals surface area contributed by atoms with E-state index in [-0.39, 0.29) is 23.3 Å². The van der Waals surface area contributed by atoms with Crippen molar-refractivity contribution in [1.29, 1.82) is 0 Å². The van der Waals surface area contributed by atoms with Crippen LogP contribution in [0.3, 0.4) is 0 Å². The van der Waals surface area contributed by atoms with Gasteiger partial charge in [0.1, 0.15) is 6.04 Å². The second-order valence-electron chi connectivity index (χ2n) is 7.77. The molecule has 1 saturated heterocycles. The first-order valence-corrected chi connectivity index (χ1v) is 9.43. The van der Waals surface area contributed by atoms with Gasteiger partial charge in [-0.1, -0.05) is 74.5 Å². The lowest BCUT2D eigenvalue weighted by atomic mass is 9.81. The number of rotatable bonds is 5. The second-order valence-corrected chi connectivity index (χ2v) is 7.77. The van der Waals surface area contributed by atoms with Gasteiger partial charge in [0.25, 0.3) is 0 Å². The lowest BCUT2D eigenvalue weighted by Crippen LogP contribution is -2.44. The molecule has 1 amide bonds. The molecule has 2 aromatic rings. The minimum absolute atomic E-state index is 0.00870. The topological polar surface area (TPSA) is 46.6 Å². The first-order valence-electron chi connectivity index (χ1n) is 9.43. The number of likely N-dealkylation sites (tertiary alicyclic amines) is 1. The Morgan fingerprint density at radius 1 is 1.00 bits per heavy atom. The van der Waals surface area contributed by atoms with Crippen LogP contribution in [0.2, 0.25) is 0 Å². The van der Waals surface area contributed by atoms with Crippen molar-refractivity contribution in [3.63, 3.8) is 0 Å². The van der Waals surface area contributed by atoms with E-state index in [2.05, 4.69) is 13.8 Å². The molecule has 0 radical (unpaired) electrons.